The molecule has 7 aliphatic carbocycles. The molecular formula is C69H79N3O10S4. The molecule has 21 unspecified atom stereocenters. The number of nitrogens with one attached hydrogen (secondary N) is 3. The summed E-state index contributed by atoms with van der Waals surface area (Å²) in [5.74, 6) is -2.52. The molecule has 86 heavy (non-hydrogen) atoms. The number of aromatic hydroxyl groups is 1. The monoisotopic (exact) mass is 1240 g/mol. The highest BCUT2D eigenvalue weighted by Crippen LogP contribution is 2.82. The standard InChI is InChI=1S/C69H79N3O10S4/c1-70-52-33-83-86-54-34-84-85-53(31-71-24-23-65(20-7-8-21-65)39-11-3-2-4-12-39)47-30-49-45-29-46(52)60(75)66(22-19-40-26-38-13-16-42-55(54)44-28-41(74)15-17-48(44)67(40,66)57(38)42)62(45)81-63-59(82-69(79,61(47)76)68(49,63)78)64(77)80-58-51(32-73)72-50-18-14-37-25-35-9-5-6-10-36(35)27-43(37)56(50)58/h2-6,9-12,14-15,17-18,25,27-28,38,40,42,45-47,49,52-55,57,59-63,70-76,78-79H,7-8,13,16,19-24,26,29-34H2,1H3. The number of fused-ring (bicyclic) bond motifs is 4. The minimum absolute atomic E-state index is 0.0746. The van der Waals surface area contributed by atoms with Gasteiger partial charge in [0.1, 0.15) is 18.0 Å². The molecule has 6 saturated carbocycles. The van der Waals surface area contributed by atoms with Crippen molar-refractivity contribution in [2.75, 3.05) is 31.6 Å². The van der Waals surface area contributed by atoms with Crippen molar-refractivity contribution in [2.45, 2.75) is 159 Å². The molecule has 454 valence electrons. The third-order valence-corrected chi connectivity index (χ3v) is 31.3. The van der Waals surface area contributed by atoms with Crippen molar-refractivity contribution < 1.29 is 49.6 Å². The number of rotatable bonds is 10. The van der Waals surface area contributed by atoms with E-state index in [-0.39, 0.29) is 68.7 Å². The van der Waals surface area contributed by atoms with Crippen LogP contribution < -0.4 is 15.4 Å². The molecule has 5 saturated heterocycles. The summed E-state index contributed by atoms with van der Waals surface area (Å²) >= 11 is 0. The van der Waals surface area contributed by atoms with Crippen LogP contribution in [-0.4, -0.2) is 132 Å². The number of benzene rings is 5. The SMILES string of the molecule is CNC1CSSC2CSSC(CNCCC3(c4ccccc4)CCCC3)C3CC4C5CC1C(O)C1(CCC6CC7CCC8C2c2cc(O)ccc2C61C78)C5OC1C(C(=O)Oc2c(CO)[nH]c5ccc6cc7ccccc7cc6c25)OC(O)(C3O)C41O. The van der Waals surface area contributed by atoms with Gasteiger partial charge in [0.25, 0.3) is 0 Å². The Kier molecular flexibility index (Phi) is 13.6. The summed E-state index contributed by atoms with van der Waals surface area (Å²) in [6.45, 7) is 0.807. The molecule has 21 atom stereocenters. The summed E-state index contributed by atoms with van der Waals surface area (Å²) in [5.41, 5.74) is 1.01. The number of carbonyl (C=O) groups excluding carboxylic acids is 1. The quantitative estimate of drug-likeness (QED) is 0.0271. The zero-order valence-electron chi connectivity index (χ0n) is 48.5. The zero-order valence-corrected chi connectivity index (χ0v) is 51.8. The van der Waals surface area contributed by atoms with Crippen LogP contribution in [0.15, 0.2) is 97.1 Å². The average Bonchev–Trinajstić information content (AvgIpc) is 1.42. The Bertz CT molecular complexity index is 3660. The van der Waals surface area contributed by atoms with Gasteiger partial charge in [0, 0.05) is 69.1 Å². The molecule has 5 aromatic carbocycles. The number of aromatic amines is 1. The number of phenolic OH excluding ortho intramolecular Hbond substituents is 1. The van der Waals surface area contributed by atoms with Crippen molar-refractivity contribution >= 4 is 81.6 Å². The fourth-order valence-electron chi connectivity index (χ4n) is 22.1. The van der Waals surface area contributed by atoms with Crippen LogP contribution in [-0.2, 0) is 31.7 Å². The van der Waals surface area contributed by atoms with Crippen LogP contribution >= 0.6 is 43.2 Å². The number of H-pyrrole nitrogens is 1. The maximum atomic E-state index is 15.9. The maximum Gasteiger partial charge on any atom is 0.343 e. The molecule has 17 heteroatoms. The first-order valence-electron chi connectivity index (χ1n) is 32.1. The van der Waals surface area contributed by atoms with E-state index in [1.54, 1.807) is 10.8 Å². The number of phenols is 1. The Morgan fingerprint density at radius 3 is 2.42 bits per heavy atom. The molecule has 0 amide bonds. The number of aliphatic hydroxyl groups excluding tert-OH is 3. The summed E-state index contributed by atoms with van der Waals surface area (Å²) in [6, 6.07) is 33.2. The van der Waals surface area contributed by atoms with E-state index in [0.29, 0.717) is 42.6 Å². The second-order valence-corrected chi connectivity index (χ2v) is 33.5. The average molecular weight is 1240 g/mol. The summed E-state index contributed by atoms with van der Waals surface area (Å²) in [7, 11) is 9.52. The third-order valence-electron chi connectivity index (χ3n) is 25.2. The van der Waals surface area contributed by atoms with E-state index in [1.807, 2.05) is 75.8 Å². The van der Waals surface area contributed by atoms with Gasteiger partial charge in [-0.15, -0.1) is 0 Å². The van der Waals surface area contributed by atoms with Gasteiger partial charge in [-0.25, -0.2) is 4.79 Å². The number of carbonyl (C=O) groups is 1. The highest BCUT2D eigenvalue weighted by molar-refractivity contribution is 8.78. The van der Waals surface area contributed by atoms with Gasteiger partial charge in [-0.05, 0) is 181 Å². The summed E-state index contributed by atoms with van der Waals surface area (Å²) in [6.07, 6.45) is 4.69. The third kappa shape index (κ3) is 7.61. The Balaban J connectivity index is 0.841. The number of hydrogen-bond donors (Lipinski definition) is 9. The highest BCUT2D eigenvalue weighted by atomic mass is 33.1. The predicted octanol–water partition coefficient (Wildman–Crippen LogP) is 10.2. The lowest BCUT2D eigenvalue weighted by Crippen LogP contribution is -2.80. The topological polar surface area (TPSA) is 206 Å². The Hall–Kier alpha value is -3.53. The second kappa shape index (κ2) is 20.7. The van der Waals surface area contributed by atoms with Crippen LogP contribution in [0.3, 0.4) is 0 Å². The lowest BCUT2D eigenvalue weighted by atomic mass is 9.39. The van der Waals surface area contributed by atoms with Crippen molar-refractivity contribution in [3.8, 4) is 11.5 Å². The molecule has 0 radical (unpaired) electrons. The van der Waals surface area contributed by atoms with Crippen molar-refractivity contribution in [3.05, 3.63) is 119 Å². The van der Waals surface area contributed by atoms with E-state index >= 15 is 4.79 Å². The van der Waals surface area contributed by atoms with Gasteiger partial charge < -0.3 is 60.5 Å². The van der Waals surface area contributed by atoms with Gasteiger partial charge >= 0.3 is 5.97 Å². The summed E-state index contributed by atoms with van der Waals surface area (Å²) in [4.78, 5) is 19.3. The summed E-state index contributed by atoms with van der Waals surface area (Å²) < 4.78 is 21.5. The number of hydrogen-bond acceptors (Lipinski definition) is 16. The number of aliphatic hydroxyl groups is 5. The van der Waals surface area contributed by atoms with Crippen molar-refractivity contribution in [3.63, 3.8) is 0 Å². The molecule has 14 aliphatic rings. The highest BCUT2D eigenvalue weighted by Gasteiger charge is 2.85. The molecule has 20 rings (SSSR count). The van der Waals surface area contributed by atoms with Gasteiger partial charge in [0.15, 0.2) is 17.5 Å². The lowest BCUT2D eigenvalue weighted by Gasteiger charge is -2.69. The van der Waals surface area contributed by atoms with E-state index in [4.69, 9.17) is 14.2 Å². The second-order valence-electron chi connectivity index (χ2n) is 28.2. The van der Waals surface area contributed by atoms with Crippen LogP contribution in [0.2, 0.25) is 0 Å². The first kappa shape index (κ1) is 56.5. The molecule has 9 bridgehead atoms. The number of esters is 1. The largest absolute Gasteiger partial charge is 0.508 e. The van der Waals surface area contributed by atoms with Crippen LogP contribution in [0.1, 0.15) is 105 Å². The van der Waals surface area contributed by atoms with Crippen LogP contribution in [0.4, 0.5) is 0 Å². The first-order chi connectivity index (χ1) is 41.9. The normalized spacial score (nSPS) is 42.2. The fourth-order valence-corrected chi connectivity index (χ4v) is 29.1. The van der Waals surface area contributed by atoms with Gasteiger partial charge in [-0.1, -0.05) is 123 Å². The Morgan fingerprint density at radius 1 is 0.802 bits per heavy atom. The van der Waals surface area contributed by atoms with Crippen molar-refractivity contribution in [2.24, 2.45) is 52.8 Å². The predicted molar refractivity (Wildman–Crippen MR) is 340 cm³/mol. The van der Waals surface area contributed by atoms with Crippen LogP contribution in [0.25, 0.3) is 32.4 Å². The Morgan fingerprint density at radius 2 is 1.60 bits per heavy atom. The minimum atomic E-state index is -2.69. The van der Waals surface area contributed by atoms with Gasteiger partial charge in [0.05, 0.1) is 35.4 Å². The van der Waals surface area contributed by atoms with Gasteiger partial charge in [-0.3, -0.25) is 0 Å². The van der Waals surface area contributed by atoms with E-state index in [9.17, 15) is 30.6 Å². The van der Waals surface area contributed by atoms with E-state index in [0.717, 1.165) is 84.5 Å². The maximum absolute atomic E-state index is 15.9. The molecule has 2 spiro atoms. The molecular weight excluding hydrogens is 1160 g/mol. The smallest absolute Gasteiger partial charge is 0.343 e. The molecule has 6 aromatic rings. The van der Waals surface area contributed by atoms with E-state index in [1.165, 1.54) is 29.5 Å². The molecule has 1 aromatic heterocycles. The van der Waals surface area contributed by atoms with Gasteiger partial charge in [0.2, 0.25) is 5.79 Å². The Labute approximate surface area is 517 Å². The number of aromatic nitrogens is 1. The van der Waals surface area contributed by atoms with Gasteiger partial charge in [-0.2, -0.15) is 0 Å². The van der Waals surface area contributed by atoms with Crippen LogP contribution in [0.5, 0.6) is 11.5 Å². The van der Waals surface area contributed by atoms with Crippen molar-refractivity contribution in [1.29, 1.82) is 0 Å². The zero-order chi connectivity index (χ0) is 58.2. The molecule has 8 heterocycles. The molecule has 7 aliphatic heterocycles. The number of ether oxygens (including phenoxy) is 3. The molecule has 9 N–H and O–H groups in total. The minimum Gasteiger partial charge on any atom is -0.508 e. The first-order valence-corrected chi connectivity index (χ1v) is 36.9. The van der Waals surface area contributed by atoms with Crippen molar-refractivity contribution in [1.82, 2.24) is 15.6 Å². The fraction of sp³-hybridized carbons (Fsp3) is 0.580. The molecule has 13 nitrogen and oxygen atoms in total. The summed E-state index contributed by atoms with van der Waals surface area (Å²) in [5, 5.41) is 90.9. The molecule has 11 fully saturated rings. The van der Waals surface area contributed by atoms with E-state index < -0.39 is 83.1 Å². The van der Waals surface area contributed by atoms with Crippen LogP contribution in [0, 0.1) is 52.8 Å². The van der Waals surface area contributed by atoms with E-state index in [2.05, 4.69) is 76.3 Å². The lowest BCUT2D eigenvalue weighted by molar-refractivity contribution is -0.381.